The van der Waals surface area contributed by atoms with E-state index in [2.05, 4.69) is 0 Å². The second-order valence-electron chi connectivity index (χ2n) is 6.16. The number of carbonyl (C=O) groups excluding carboxylic acids is 2. The van der Waals surface area contributed by atoms with Crippen molar-refractivity contribution in [2.75, 3.05) is 6.54 Å². The number of nitrogens with zero attached hydrogens (tertiary/aromatic N) is 1. The smallest absolute Gasteiger partial charge is 0.410 e. The zero-order chi connectivity index (χ0) is 12.6. The number of fused-ring (bicyclic) bond motifs is 3. The number of amides is 1. The molecule has 1 saturated carbocycles. The number of hydrogen-bond donors (Lipinski definition) is 0. The highest BCUT2D eigenvalue weighted by Crippen LogP contribution is 2.38. The van der Waals surface area contributed by atoms with Gasteiger partial charge in [-0.2, -0.15) is 0 Å². The van der Waals surface area contributed by atoms with Gasteiger partial charge < -0.3 is 14.4 Å². The van der Waals surface area contributed by atoms with Crippen LogP contribution in [0.4, 0.5) is 4.79 Å². The molecule has 3 aliphatic rings. The Labute approximate surface area is 102 Å². The van der Waals surface area contributed by atoms with Gasteiger partial charge in [0.05, 0.1) is 0 Å². The van der Waals surface area contributed by atoms with Crippen LogP contribution < -0.4 is 0 Å². The number of aldehydes is 1. The van der Waals surface area contributed by atoms with Crippen LogP contribution in [0.15, 0.2) is 0 Å². The number of piperidine rings is 2. The summed E-state index contributed by atoms with van der Waals surface area (Å²) < 4.78 is 5.40. The normalized spacial score (nSPS) is 32.4. The Morgan fingerprint density at radius 3 is 2.53 bits per heavy atom. The monoisotopic (exact) mass is 239 g/mol. The molecule has 3 fully saturated rings. The zero-order valence-electron chi connectivity index (χ0n) is 10.8. The molecular weight excluding hydrogens is 218 g/mol. The molecule has 0 N–H and O–H groups in total. The molecular formula is C13H21NO3. The molecule has 2 saturated heterocycles. The van der Waals surface area contributed by atoms with Crippen molar-refractivity contribution in [1.29, 1.82) is 0 Å². The molecule has 3 rings (SSSR count). The minimum absolute atomic E-state index is 0.146. The van der Waals surface area contributed by atoms with Gasteiger partial charge in [-0.3, -0.25) is 0 Å². The lowest BCUT2D eigenvalue weighted by atomic mass is 9.73. The molecule has 0 aromatic carbocycles. The molecule has 2 heterocycles. The van der Waals surface area contributed by atoms with E-state index in [1.165, 1.54) is 0 Å². The van der Waals surface area contributed by atoms with E-state index in [1.54, 1.807) is 0 Å². The van der Waals surface area contributed by atoms with Crippen LogP contribution in [-0.2, 0) is 9.53 Å². The van der Waals surface area contributed by atoms with Crippen molar-refractivity contribution in [3.8, 4) is 0 Å². The third-order valence-electron chi connectivity index (χ3n) is 3.70. The fourth-order valence-corrected chi connectivity index (χ4v) is 2.87. The van der Waals surface area contributed by atoms with Gasteiger partial charge >= 0.3 is 6.09 Å². The van der Waals surface area contributed by atoms with Crippen molar-refractivity contribution < 1.29 is 14.3 Å². The summed E-state index contributed by atoms with van der Waals surface area (Å²) in [5.41, 5.74) is -0.447. The molecule has 4 nitrogen and oxygen atoms in total. The Morgan fingerprint density at radius 1 is 1.35 bits per heavy atom. The van der Waals surface area contributed by atoms with Crippen LogP contribution >= 0.6 is 0 Å². The van der Waals surface area contributed by atoms with Crippen LogP contribution in [0, 0.1) is 11.8 Å². The fourth-order valence-electron chi connectivity index (χ4n) is 2.87. The van der Waals surface area contributed by atoms with Gasteiger partial charge in [0.1, 0.15) is 11.9 Å². The Balaban J connectivity index is 2.01. The van der Waals surface area contributed by atoms with Gasteiger partial charge in [0.15, 0.2) is 0 Å². The van der Waals surface area contributed by atoms with Crippen molar-refractivity contribution in [2.24, 2.45) is 11.8 Å². The first-order valence-corrected chi connectivity index (χ1v) is 6.35. The number of hydrogen-bond acceptors (Lipinski definition) is 3. The second-order valence-corrected chi connectivity index (χ2v) is 6.16. The van der Waals surface area contributed by atoms with Crippen LogP contribution in [0.2, 0.25) is 0 Å². The molecule has 0 spiro atoms. The first-order valence-electron chi connectivity index (χ1n) is 6.35. The van der Waals surface area contributed by atoms with E-state index in [-0.39, 0.29) is 18.1 Å². The lowest BCUT2D eigenvalue weighted by molar-refractivity contribution is -0.117. The van der Waals surface area contributed by atoms with Crippen LogP contribution in [0.5, 0.6) is 0 Å². The van der Waals surface area contributed by atoms with Crippen LogP contribution in [0.1, 0.15) is 40.0 Å². The maximum absolute atomic E-state index is 12.0. The number of carbonyl (C=O) groups is 2. The fraction of sp³-hybridized carbons (Fsp3) is 0.846. The van der Waals surface area contributed by atoms with Gasteiger partial charge in [-0.15, -0.1) is 0 Å². The summed E-state index contributed by atoms with van der Waals surface area (Å²) >= 11 is 0. The second kappa shape index (κ2) is 4.31. The largest absolute Gasteiger partial charge is 0.444 e. The van der Waals surface area contributed by atoms with Crippen molar-refractivity contribution in [2.45, 2.75) is 51.7 Å². The van der Waals surface area contributed by atoms with Crippen molar-refractivity contribution in [3.05, 3.63) is 0 Å². The standard InChI is InChI=1S/C13H21NO3/c1-13(2,3)17-12(16)14-7-9-4-5-11(14)6-10(9)8-15/h8-11H,4-7H2,1-3H3. The molecule has 0 aromatic heterocycles. The third kappa shape index (κ3) is 2.61. The molecule has 17 heavy (non-hydrogen) atoms. The summed E-state index contributed by atoms with van der Waals surface area (Å²) in [5.74, 6) is 0.484. The highest BCUT2D eigenvalue weighted by atomic mass is 16.6. The quantitative estimate of drug-likeness (QED) is 0.659. The maximum Gasteiger partial charge on any atom is 0.410 e. The molecule has 2 aliphatic heterocycles. The highest BCUT2D eigenvalue weighted by molar-refractivity contribution is 5.69. The van der Waals surface area contributed by atoms with E-state index in [0.29, 0.717) is 12.5 Å². The Hall–Kier alpha value is -1.06. The predicted molar refractivity (Wildman–Crippen MR) is 63.6 cm³/mol. The minimum atomic E-state index is -0.447. The molecule has 2 bridgehead atoms. The number of rotatable bonds is 1. The van der Waals surface area contributed by atoms with E-state index < -0.39 is 5.60 Å². The molecule has 3 atom stereocenters. The molecule has 0 radical (unpaired) electrons. The number of ether oxygens (including phenoxy) is 1. The van der Waals surface area contributed by atoms with E-state index in [9.17, 15) is 9.59 Å². The third-order valence-corrected chi connectivity index (χ3v) is 3.70. The average Bonchev–Trinajstić information content (AvgIpc) is 2.27. The van der Waals surface area contributed by atoms with Gasteiger partial charge in [0, 0.05) is 18.5 Å². The highest BCUT2D eigenvalue weighted by Gasteiger charge is 2.43. The molecule has 3 unspecified atom stereocenters. The minimum Gasteiger partial charge on any atom is -0.444 e. The van der Waals surface area contributed by atoms with Gasteiger partial charge in [-0.05, 0) is 46.0 Å². The zero-order valence-corrected chi connectivity index (χ0v) is 10.8. The maximum atomic E-state index is 12.0. The molecule has 1 aliphatic carbocycles. The first kappa shape index (κ1) is 12.4. The molecule has 4 heteroatoms. The lowest BCUT2D eigenvalue weighted by Gasteiger charge is -2.47. The van der Waals surface area contributed by atoms with Gasteiger partial charge in [0.2, 0.25) is 0 Å². The average molecular weight is 239 g/mol. The topological polar surface area (TPSA) is 46.6 Å². The predicted octanol–water partition coefficient (Wildman–Crippen LogP) is 2.22. The van der Waals surface area contributed by atoms with Crippen molar-refractivity contribution in [1.82, 2.24) is 4.90 Å². The van der Waals surface area contributed by atoms with E-state index in [1.807, 2.05) is 25.7 Å². The Morgan fingerprint density at radius 2 is 2.06 bits per heavy atom. The summed E-state index contributed by atoms with van der Waals surface area (Å²) in [6.45, 7) is 6.31. The van der Waals surface area contributed by atoms with E-state index in [0.717, 1.165) is 25.5 Å². The molecule has 96 valence electrons. The van der Waals surface area contributed by atoms with Gasteiger partial charge in [0.25, 0.3) is 0 Å². The first-order chi connectivity index (χ1) is 7.90. The van der Waals surface area contributed by atoms with Gasteiger partial charge in [-0.25, -0.2) is 4.79 Å². The van der Waals surface area contributed by atoms with Crippen molar-refractivity contribution >= 4 is 12.4 Å². The van der Waals surface area contributed by atoms with E-state index in [4.69, 9.17) is 4.74 Å². The van der Waals surface area contributed by atoms with E-state index >= 15 is 0 Å². The lowest BCUT2D eigenvalue weighted by Crippen LogP contribution is -2.55. The Kier molecular flexibility index (Phi) is 3.15. The summed E-state index contributed by atoms with van der Waals surface area (Å²) in [4.78, 5) is 24.8. The van der Waals surface area contributed by atoms with Crippen LogP contribution in [-0.4, -0.2) is 35.5 Å². The summed E-state index contributed by atoms with van der Waals surface area (Å²) in [6, 6.07) is 0.199. The van der Waals surface area contributed by atoms with Gasteiger partial charge in [-0.1, -0.05) is 0 Å². The molecule has 1 amide bonds. The summed E-state index contributed by atoms with van der Waals surface area (Å²) in [7, 11) is 0. The Bertz CT molecular complexity index is 321. The molecule has 0 aromatic rings. The summed E-state index contributed by atoms with van der Waals surface area (Å²) in [5, 5.41) is 0. The van der Waals surface area contributed by atoms with Crippen LogP contribution in [0.25, 0.3) is 0 Å². The van der Waals surface area contributed by atoms with Crippen molar-refractivity contribution in [3.63, 3.8) is 0 Å². The van der Waals surface area contributed by atoms with Crippen LogP contribution in [0.3, 0.4) is 0 Å². The summed E-state index contributed by atoms with van der Waals surface area (Å²) in [6.07, 6.45) is 3.72. The SMILES string of the molecule is CC(C)(C)OC(=O)N1CC2CCC1CC2C=O.